The molecule has 0 aliphatic carbocycles. The van der Waals surface area contributed by atoms with E-state index in [1.54, 1.807) is 12.0 Å². The van der Waals surface area contributed by atoms with Crippen LogP contribution in [0.15, 0.2) is 23.1 Å². The molecule has 5 nitrogen and oxygen atoms in total. The van der Waals surface area contributed by atoms with Crippen molar-refractivity contribution in [2.24, 2.45) is 0 Å². The molecular formula is C12H18N2O3. The Bertz CT molecular complexity index is 406. The first kappa shape index (κ1) is 13.4. The number of nitrogens with one attached hydrogen (secondary N) is 1. The summed E-state index contributed by atoms with van der Waals surface area (Å²) in [6.45, 7) is 4.91. The number of rotatable bonds is 5. The van der Waals surface area contributed by atoms with Gasteiger partial charge < -0.3 is 14.6 Å². The Morgan fingerprint density at radius 1 is 1.47 bits per heavy atom. The predicted molar refractivity (Wildman–Crippen MR) is 65.1 cm³/mol. The second-order valence-corrected chi connectivity index (χ2v) is 4.03. The Morgan fingerprint density at radius 2 is 2.18 bits per heavy atom. The first-order valence-corrected chi connectivity index (χ1v) is 5.55. The summed E-state index contributed by atoms with van der Waals surface area (Å²) in [6.07, 6.45) is 1.44. The summed E-state index contributed by atoms with van der Waals surface area (Å²) in [5.41, 5.74) is 0.268. The van der Waals surface area contributed by atoms with Crippen LogP contribution in [0.1, 0.15) is 24.2 Å². The highest BCUT2D eigenvalue weighted by Crippen LogP contribution is 2.06. The number of hydrogen-bond acceptors (Lipinski definition) is 3. The lowest BCUT2D eigenvalue weighted by Gasteiger charge is -2.26. The van der Waals surface area contributed by atoms with E-state index in [9.17, 15) is 9.59 Å². The van der Waals surface area contributed by atoms with Gasteiger partial charge in [0.15, 0.2) is 0 Å². The molecule has 0 aliphatic heterocycles. The van der Waals surface area contributed by atoms with Crippen LogP contribution in [0.5, 0.6) is 0 Å². The van der Waals surface area contributed by atoms with E-state index in [2.05, 4.69) is 4.98 Å². The third-order valence-electron chi connectivity index (χ3n) is 2.45. The van der Waals surface area contributed by atoms with Crippen molar-refractivity contribution in [3.8, 4) is 0 Å². The van der Waals surface area contributed by atoms with Crippen molar-refractivity contribution >= 4 is 5.91 Å². The van der Waals surface area contributed by atoms with Gasteiger partial charge in [-0.25, -0.2) is 0 Å². The molecule has 1 N–H and O–H groups in total. The average molecular weight is 238 g/mol. The molecule has 0 radical (unpaired) electrons. The Hall–Kier alpha value is -1.62. The monoisotopic (exact) mass is 238 g/mol. The van der Waals surface area contributed by atoms with E-state index in [0.717, 1.165) is 0 Å². The molecule has 1 aromatic rings. The number of aromatic amines is 1. The summed E-state index contributed by atoms with van der Waals surface area (Å²) in [5, 5.41) is 0. The molecule has 0 aromatic carbocycles. The summed E-state index contributed by atoms with van der Waals surface area (Å²) >= 11 is 0. The van der Waals surface area contributed by atoms with Crippen LogP contribution in [-0.4, -0.2) is 42.1 Å². The molecule has 0 saturated carbocycles. The Balaban J connectivity index is 2.83. The van der Waals surface area contributed by atoms with Crippen molar-refractivity contribution in [1.82, 2.24) is 9.88 Å². The maximum atomic E-state index is 12.2. The highest BCUT2D eigenvalue weighted by Gasteiger charge is 2.18. The van der Waals surface area contributed by atoms with Crippen LogP contribution in [0.3, 0.4) is 0 Å². The molecule has 0 fully saturated rings. The first-order valence-electron chi connectivity index (χ1n) is 5.55. The second-order valence-electron chi connectivity index (χ2n) is 4.03. The van der Waals surface area contributed by atoms with Crippen molar-refractivity contribution in [3.63, 3.8) is 0 Å². The van der Waals surface area contributed by atoms with Crippen LogP contribution >= 0.6 is 0 Å². The van der Waals surface area contributed by atoms with Crippen molar-refractivity contribution in [2.45, 2.75) is 19.9 Å². The van der Waals surface area contributed by atoms with E-state index in [0.29, 0.717) is 18.7 Å². The molecule has 1 amide bonds. The Morgan fingerprint density at radius 3 is 2.65 bits per heavy atom. The normalized spacial score (nSPS) is 10.6. The number of nitrogens with zero attached hydrogens (tertiary/aromatic N) is 1. The van der Waals surface area contributed by atoms with E-state index in [-0.39, 0.29) is 17.5 Å². The van der Waals surface area contributed by atoms with Crippen LogP contribution in [0.2, 0.25) is 0 Å². The lowest BCUT2D eigenvalue weighted by atomic mass is 10.2. The molecule has 0 saturated heterocycles. The third kappa shape index (κ3) is 3.71. The topological polar surface area (TPSA) is 62.4 Å². The van der Waals surface area contributed by atoms with Crippen molar-refractivity contribution in [2.75, 3.05) is 20.3 Å². The van der Waals surface area contributed by atoms with Crippen LogP contribution in [-0.2, 0) is 4.74 Å². The summed E-state index contributed by atoms with van der Waals surface area (Å²) in [6, 6.07) is 2.97. The maximum absolute atomic E-state index is 12.2. The van der Waals surface area contributed by atoms with E-state index < -0.39 is 0 Å². The molecule has 1 aromatic heterocycles. The van der Waals surface area contributed by atoms with Crippen LogP contribution in [0, 0.1) is 0 Å². The largest absolute Gasteiger partial charge is 0.383 e. The number of pyridine rings is 1. The van der Waals surface area contributed by atoms with Gasteiger partial charge in [-0.15, -0.1) is 0 Å². The highest BCUT2D eigenvalue weighted by molar-refractivity contribution is 5.94. The fourth-order valence-electron chi connectivity index (χ4n) is 1.49. The molecule has 94 valence electrons. The molecular weight excluding hydrogens is 220 g/mol. The number of aromatic nitrogens is 1. The molecule has 0 atom stereocenters. The number of H-pyrrole nitrogens is 1. The Kier molecular flexibility index (Phi) is 4.90. The fraction of sp³-hybridized carbons (Fsp3) is 0.500. The minimum absolute atomic E-state index is 0.0876. The van der Waals surface area contributed by atoms with Gasteiger partial charge >= 0.3 is 0 Å². The SMILES string of the molecule is COCCN(C(=O)c1ccc(=O)[nH]c1)C(C)C. The van der Waals surface area contributed by atoms with Gasteiger partial charge in [-0.2, -0.15) is 0 Å². The quantitative estimate of drug-likeness (QED) is 0.828. The van der Waals surface area contributed by atoms with Gasteiger partial charge in [0.1, 0.15) is 0 Å². The third-order valence-corrected chi connectivity index (χ3v) is 2.45. The van der Waals surface area contributed by atoms with E-state index in [1.165, 1.54) is 18.3 Å². The molecule has 1 rings (SSSR count). The summed E-state index contributed by atoms with van der Waals surface area (Å²) in [4.78, 5) is 27.3. The van der Waals surface area contributed by atoms with E-state index in [1.807, 2.05) is 13.8 Å². The number of methoxy groups -OCH3 is 1. The van der Waals surface area contributed by atoms with Gasteiger partial charge in [0.05, 0.1) is 12.2 Å². The molecule has 0 aliphatic rings. The van der Waals surface area contributed by atoms with Crippen molar-refractivity contribution in [1.29, 1.82) is 0 Å². The van der Waals surface area contributed by atoms with Gasteiger partial charge in [0, 0.05) is 32.0 Å². The number of hydrogen-bond donors (Lipinski definition) is 1. The summed E-state index contributed by atoms with van der Waals surface area (Å²) in [7, 11) is 1.60. The zero-order valence-electron chi connectivity index (χ0n) is 10.4. The molecule has 0 unspecified atom stereocenters. The number of carbonyl (C=O) groups is 1. The standard InChI is InChI=1S/C12H18N2O3/c1-9(2)14(6-7-17-3)12(16)10-4-5-11(15)13-8-10/h4-5,8-9H,6-7H2,1-3H3,(H,13,15). The predicted octanol–water partition coefficient (Wildman–Crippen LogP) is 0.872. The highest BCUT2D eigenvalue weighted by atomic mass is 16.5. The molecule has 17 heavy (non-hydrogen) atoms. The zero-order valence-corrected chi connectivity index (χ0v) is 10.4. The Labute approximate surface area is 100 Å². The lowest BCUT2D eigenvalue weighted by Crippen LogP contribution is -2.39. The first-order chi connectivity index (χ1) is 8.06. The lowest BCUT2D eigenvalue weighted by molar-refractivity contribution is 0.0634. The van der Waals surface area contributed by atoms with Crippen molar-refractivity contribution in [3.05, 3.63) is 34.2 Å². The number of carbonyl (C=O) groups excluding carboxylic acids is 1. The van der Waals surface area contributed by atoms with Crippen LogP contribution in [0.25, 0.3) is 0 Å². The maximum Gasteiger partial charge on any atom is 0.255 e. The average Bonchev–Trinajstić information content (AvgIpc) is 2.29. The molecule has 0 bridgehead atoms. The van der Waals surface area contributed by atoms with Crippen LogP contribution < -0.4 is 5.56 Å². The van der Waals surface area contributed by atoms with Gasteiger partial charge in [0.2, 0.25) is 5.56 Å². The summed E-state index contributed by atoms with van der Waals surface area (Å²) < 4.78 is 4.98. The van der Waals surface area contributed by atoms with Gasteiger partial charge in [-0.05, 0) is 19.9 Å². The van der Waals surface area contributed by atoms with Crippen LogP contribution in [0.4, 0.5) is 0 Å². The second kappa shape index (κ2) is 6.20. The molecule has 5 heteroatoms. The fourth-order valence-corrected chi connectivity index (χ4v) is 1.49. The minimum Gasteiger partial charge on any atom is -0.383 e. The minimum atomic E-state index is -0.213. The molecule has 1 heterocycles. The molecule has 0 spiro atoms. The zero-order chi connectivity index (χ0) is 12.8. The summed E-state index contributed by atoms with van der Waals surface area (Å²) in [5.74, 6) is -0.103. The van der Waals surface area contributed by atoms with Gasteiger partial charge in [-0.3, -0.25) is 9.59 Å². The van der Waals surface area contributed by atoms with Gasteiger partial charge in [0.25, 0.3) is 5.91 Å². The number of ether oxygens (including phenoxy) is 1. The number of amides is 1. The van der Waals surface area contributed by atoms with E-state index in [4.69, 9.17) is 4.74 Å². The smallest absolute Gasteiger partial charge is 0.255 e. The van der Waals surface area contributed by atoms with E-state index >= 15 is 0 Å². The van der Waals surface area contributed by atoms with Crippen molar-refractivity contribution < 1.29 is 9.53 Å². The van der Waals surface area contributed by atoms with Gasteiger partial charge in [-0.1, -0.05) is 0 Å².